The third-order valence-electron chi connectivity index (χ3n) is 17.6. The number of carbonyl (C=O) groups excluding carboxylic acids is 11. The number of pyridine rings is 2. The summed E-state index contributed by atoms with van der Waals surface area (Å²) in [5.74, 6) is -8.83. The van der Waals surface area contributed by atoms with Crippen molar-refractivity contribution in [2.24, 2.45) is 11.7 Å². The van der Waals surface area contributed by atoms with E-state index in [2.05, 4.69) is 72.8 Å². The van der Waals surface area contributed by atoms with Gasteiger partial charge in [0, 0.05) is 105 Å². The normalized spacial score (nSPS) is 15.4. The Labute approximate surface area is 599 Å². The third kappa shape index (κ3) is 21.6. The molecule has 28 nitrogen and oxygen atoms in total. The minimum Gasteiger partial charge on any atom is -0.394 e. The molecule has 8 aromatic rings. The maximum Gasteiger partial charge on any atom is 0.245 e. The van der Waals surface area contributed by atoms with Crippen LogP contribution in [0.1, 0.15) is 80.5 Å². The van der Waals surface area contributed by atoms with E-state index in [9.17, 15) is 43.5 Å². The molecule has 1 saturated heterocycles. The third-order valence-corrected chi connectivity index (χ3v) is 17.9. The minimum atomic E-state index is -1.81. The van der Waals surface area contributed by atoms with Gasteiger partial charge < -0.3 is 73.6 Å². The molecule has 4 aromatic carbocycles. The number of aromatic nitrogens is 5. The van der Waals surface area contributed by atoms with Crippen LogP contribution in [0.5, 0.6) is 0 Å². The summed E-state index contributed by atoms with van der Waals surface area (Å²) >= 11 is 6.25. The Balaban J connectivity index is 0.954. The first-order valence-corrected chi connectivity index (χ1v) is 34.3. The van der Waals surface area contributed by atoms with Gasteiger partial charge in [-0.3, -0.25) is 62.7 Å². The van der Waals surface area contributed by atoms with E-state index in [0.717, 1.165) is 27.2 Å². The zero-order valence-electron chi connectivity index (χ0n) is 57.3. The molecule has 0 spiro atoms. The summed E-state index contributed by atoms with van der Waals surface area (Å²) in [6, 6.07) is 20.0. The molecule has 1 aliphatic rings. The zero-order chi connectivity index (χ0) is 73.7. The van der Waals surface area contributed by atoms with Gasteiger partial charge in [-0.15, -0.1) is 0 Å². The maximum atomic E-state index is 15.2. The number of aliphatic hydroxyl groups is 1. The van der Waals surface area contributed by atoms with Crippen LogP contribution in [-0.4, -0.2) is 173 Å². The highest BCUT2D eigenvalue weighted by atomic mass is 35.5. The number of likely N-dealkylation sites (tertiary alicyclic amines) is 1. The van der Waals surface area contributed by atoms with Crippen molar-refractivity contribution in [3.8, 4) is 0 Å². The maximum absolute atomic E-state index is 15.2. The molecule has 103 heavy (non-hydrogen) atoms. The van der Waals surface area contributed by atoms with Crippen molar-refractivity contribution in [3.05, 3.63) is 197 Å². The van der Waals surface area contributed by atoms with Crippen molar-refractivity contribution in [3.63, 3.8) is 0 Å². The van der Waals surface area contributed by atoms with Crippen LogP contribution >= 0.6 is 11.6 Å². The number of H-pyrrole nitrogens is 2. The van der Waals surface area contributed by atoms with E-state index < -0.39 is 132 Å². The van der Waals surface area contributed by atoms with E-state index in [1.807, 2.05) is 74.5 Å². The van der Waals surface area contributed by atoms with Gasteiger partial charge in [0.15, 0.2) is 0 Å². The van der Waals surface area contributed by atoms with Gasteiger partial charge in [-0.1, -0.05) is 110 Å². The van der Waals surface area contributed by atoms with Crippen LogP contribution in [0.15, 0.2) is 159 Å². The van der Waals surface area contributed by atoms with Gasteiger partial charge in [0.05, 0.1) is 18.6 Å². The van der Waals surface area contributed by atoms with Crippen molar-refractivity contribution in [1.82, 2.24) is 77.7 Å². The number of nitrogens with two attached hydrogens (primary N) is 1. The first-order chi connectivity index (χ1) is 49.5. The number of hydrogen-bond donors (Lipinski definition) is 13. The summed E-state index contributed by atoms with van der Waals surface area (Å²) in [5, 5.41) is 38.4. The van der Waals surface area contributed by atoms with Crippen LogP contribution in [0.3, 0.4) is 0 Å². The molecule has 14 N–H and O–H groups in total. The molecule has 11 amide bonds. The molecule has 1 aliphatic heterocycles. The van der Waals surface area contributed by atoms with Gasteiger partial charge in [0.2, 0.25) is 65.0 Å². The predicted molar refractivity (Wildman–Crippen MR) is 382 cm³/mol. The smallest absolute Gasteiger partial charge is 0.245 e. The van der Waals surface area contributed by atoms with E-state index in [0.29, 0.717) is 33.7 Å². The van der Waals surface area contributed by atoms with Gasteiger partial charge >= 0.3 is 0 Å². The van der Waals surface area contributed by atoms with Crippen LogP contribution in [0.4, 0.5) is 0 Å². The Hall–Kier alpha value is -11.4. The number of halogens is 1. The van der Waals surface area contributed by atoms with Crippen LogP contribution in [0.25, 0.3) is 21.7 Å². The van der Waals surface area contributed by atoms with Crippen molar-refractivity contribution in [2.75, 3.05) is 13.2 Å². The topological polar surface area (TPSA) is 416 Å². The highest BCUT2D eigenvalue weighted by Crippen LogP contribution is 2.24. The highest BCUT2D eigenvalue weighted by molar-refractivity contribution is 6.30. The Bertz CT molecular complexity index is 4300. The number of amides is 11. The number of nitrogens with zero attached hydrogens (tertiary/aromatic N) is 4. The monoisotopic (exact) mass is 1420 g/mol. The number of aromatic amines is 2. The number of rotatable bonds is 34. The fourth-order valence-electron chi connectivity index (χ4n) is 12.3. The lowest BCUT2D eigenvalue weighted by molar-refractivity contribution is -0.142. The molecule has 0 radical (unpaired) electrons. The summed E-state index contributed by atoms with van der Waals surface area (Å²) in [6.07, 6.45) is 10.3. The largest absolute Gasteiger partial charge is 0.394 e. The molecule has 9 rings (SSSR count). The second-order valence-corrected chi connectivity index (χ2v) is 26.4. The molecule has 0 aliphatic carbocycles. The van der Waals surface area contributed by atoms with E-state index in [4.69, 9.17) is 17.3 Å². The van der Waals surface area contributed by atoms with Gasteiger partial charge in [-0.25, -0.2) is 4.98 Å². The molecule has 1 fully saturated rings. The first kappa shape index (κ1) is 75.8. The molecule has 0 saturated carbocycles. The van der Waals surface area contributed by atoms with Crippen LogP contribution < -0.4 is 53.6 Å². The second-order valence-electron chi connectivity index (χ2n) is 26.0. The number of benzene rings is 4. The van der Waals surface area contributed by atoms with Crippen molar-refractivity contribution < 1.29 is 57.8 Å². The molecule has 0 bridgehead atoms. The predicted octanol–water partition coefficient (Wildman–Crippen LogP) is 2.16. The summed E-state index contributed by atoms with van der Waals surface area (Å²) < 4.78 is 0. The molecule has 29 heteroatoms. The molecular weight excluding hydrogens is 1340 g/mol. The summed E-state index contributed by atoms with van der Waals surface area (Å²) in [4.78, 5) is 177. The van der Waals surface area contributed by atoms with E-state index in [-0.39, 0.29) is 69.5 Å². The average molecular weight is 1430 g/mol. The first-order valence-electron chi connectivity index (χ1n) is 33.9. The lowest BCUT2D eigenvalue weighted by atomic mass is 9.99. The van der Waals surface area contributed by atoms with Gasteiger partial charge in [-0.05, 0) is 101 Å². The number of hydrogen-bond acceptors (Lipinski definition) is 15. The number of nitrogens with one attached hydrogen (secondary N) is 11. The zero-order valence-corrected chi connectivity index (χ0v) is 58.1. The fourth-order valence-corrected chi connectivity index (χ4v) is 12.4. The van der Waals surface area contributed by atoms with Crippen molar-refractivity contribution in [2.45, 2.75) is 146 Å². The molecule has 4 aromatic heterocycles. The van der Waals surface area contributed by atoms with Crippen molar-refractivity contribution in [1.29, 1.82) is 0 Å². The number of fused-ring (bicyclic) bond motifs is 2. The lowest BCUT2D eigenvalue weighted by Gasteiger charge is -2.31. The standard InChI is InChI=1S/C74H85ClN16O12/c1-42(2)28-62(74(103)91-27-11-18-64(91)73(102)82-43(3)65(76)94)89-70(99)60(34-51-38-80-55-17-8-7-16-54(51)55)87-68(97)58(32-47-12-9-25-77-36-47)86-71(100)61(35-53-39-79-41-81-53)88-72(101)63(40-92)90-69(98)59(33-48-13-10-26-78-37-48)85-67(96)57(30-45-20-23-52(75)24-21-45)84-66(95)56(83-44(4)93)31-46-19-22-49-14-5-6-15-50(49)29-46/h5-10,12-17,19-26,29,36-39,41-43,56-64,80,92H,11,18,27-28,30-35,40H2,1-4H3,(H2,76,94)(H,79,81)(H,82,102)(H,83,93)(H,84,95)(H,85,96)(H,86,100)(H,87,97)(H,88,101)(H,89,99)(H,90,98)/t43-,56-,57-,58-,59-,60+,61+,62+,63+,64+/m1/s1. The van der Waals surface area contributed by atoms with E-state index >= 15 is 14.4 Å². The SMILES string of the molecule is CC(=O)N[C@H](Cc1ccc2ccccc2c1)C(=O)N[C@H](Cc1ccc(Cl)cc1)C(=O)N[C@H](Cc1cccnc1)C(=O)N[C@@H](CO)C(=O)N[C@@H](Cc1c[nH]cn1)C(=O)N[C@H](Cc1cccnc1)C(=O)N[C@@H](Cc1c[nH]c2ccccc12)C(=O)N[C@@H](CC(C)C)C(=O)N1CCC[C@H]1C(=O)N[C@H](C)C(N)=O. The van der Waals surface area contributed by atoms with Crippen LogP contribution in [0, 0.1) is 5.92 Å². The number of carbonyl (C=O) groups is 11. The van der Waals surface area contributed by atoms with Crippen molar-refractivity contribution >= 4 is 98.3 Å². The number of para-hydroxylation sites is 1. The Morgan fingerprint density at radius 3 is 1.60 bits per heavy atom. The highest BCUT2D eigenvalue weighted by Gasteiger charge is 2.41. The molecular formula is C74H85ClN16O12. The minimum absolute atomic E-state index is 0.0428. The Morgan fingerprint density at radius 1 is 0.553 bits per heavy atom. The van der Waals surface area contributed by atoms with Gasteiger partial charge in [0.1, 0.15) is 60.4 Å². The Morgan fingerprint density at radius 2 is 1.06 bits per heavy atom. The summed E-state index contributed by atoms with van der Waals surface area (Å²) in [5.41, 5.74) is 9.23. The van der Waals surface area contributed by atoms with Crippen LogP contribution in [0.2, 0.25) is 5.02 Å². The quantitative estimate of drug-likeness (QED) is 0.0275. The summed E-state index contributed by atoms with van der Waals surface area (Å²) in [6.45, 7) is 5.53. The average Bonchev–Trinajstić information content (AvgIpc) is 1.58. The molecule has 540 valence electrons. The number of imidazole rings is 1. The van der Waals surface area contributed by atoms with Gasteiger partial charge in [0.25, 0.3) is 0 Å². The van der Waals surface area contributed by atoms with E-state index in [1.165, 1.54) is 56.1 Å². The van der Waals surface area contributed by atoms with Gasteiger partial charge in [-0.2, -0.15) is 0 Å². The second kappa shape index (κ2) is 36.3. The fraction of sp³-hybridized carbons (Fsp3) is 0.351. The molecule has 10 atom stereocenters. The molecule has 0 unspecified atom stereocenters. The van der Waals surface area contributed by atoms with Crippen LogP contribution in [-0.2, 0) is 91.3 Å². The summed E-state index contributed by atoms with van der Waals surface area (Å²) in [7, 11) is 0. The van der Waals surface area contributed by atoms with E-state index in [1.54, 1.807) is 60.8 Å². The Kier molecular flexibility index (Phi) is 26.7. The molecule has 5 heterocycles. The number of aliphatic hydroxyl groups excluding tert-OH is 1. The lowest BCUT2D eigenvalue weighted by Crippen LogP contribution is -2.62. The number of primary amides is 1.